The summed E-state index contributed by atoms with van der Waals surface area (Å²) in [6, 6.07) is 0. The molecule has 2 rings (SSSR count). The molecule has 0 amide bonds. The van der Waals surface area contributed by atoms with E-state index in [9.17, 15) is 0 Å². The third-order valence-electron chi connectivity index (χ3n) is 4.76. The Bertz CT molecular complexity index is 263. The molecular weight excluding hydrogens is 250 g/mol. The number of ether oxygens (including phenoxy) is 1. The van der Waals surface area contributed by atoms with Crippen LogP contribution in [-0.2, 0) is 4.74 Å². The molecule has 4 nitrogen and oxygen atoms in total. The Morgan fingerprint density at radius 2 is 1.65 bits per heavy atom. The fraction of sp³-hybridized carbons (Fsp3) is 1.00. The molecule has 2 fully saturated rings. The molecule has 2 heterocycles. The predicted molar refractivity (Wildman–Crippen MR) is 84.1 cm³/mol. The fourth-order valence-electron chi connectivity index (χ4n) is 3.73. The summed E-state index contributed by atoms with van der Waals surface area (Å²) in [5.74, 6) is 0.783. The minimum atomic E-state index is 0.389. The van der Waals surface area contributed by atoms with Gasteiger partial charge in [0.05, 0.1) is 6.61 Å². The number of rotatable bonds is 6. The van der Waals surface area contributed by atoms with Crippen LogP contribution in [0.4, 0.5) is 0 Å². The molecule has 0 unspecified atom stereocenters. The smallest absolute Gasteiger partial charge is 0.0531 e. The van der Waals surface area contributed by atoms with E-state index in [1.54, 1.807) is 0 Å². The first-order chi connectivity index (χ1) is 9.63. The molecule has 2 aliphatic heterocycles. The summed E-state index contributed by atoms with van der Waals surface area (Å²) in [4.78, 5) is 5.29. The van der Waals surface area contributed by atoms with Crippen LogP contribution in [0.3, 0.4) is 0 Å². The Labute approximate surface area is 124 Å². The molecule has 2 aliphatic rings. The summed E-state index contributed by atoms with van der Waals surface area (Å²) in [6.45, 7) is 15.2. The first-order valence-corrected chi connectivity index (χ1v) is 8.28. The zero-order valence-electron chi connectivity index (χ0n) is 13.7. The lowest BCUT2D eigenvalue weighted by Gasteiger charge is -2.44. The van der Waals surface area contributed by atoms with Gasteiger partial charge in [-0.3, -0.25) is 0 Å². The summed E-state index contributed by atoms with van der Waals surface area (Å²) in [5, 5.41) is 3.48. The lowest BCUT2D eigenvalue weighted by Crippen LogP contribution is -2.53. The second-order valence-electron chi connectivity index (χ2n) is 7.15. The summed E-state index contributed by atoms with van der Waals surface area (Å²) in [6.07, 6.45) is 2.51. The molecular formula is C16H33N3O. The topological polar surface area (TPSA) is 27.7 Å². The van der Waals surface area contributed by atoms with Crippen molar-refractivity contribution in [3.05, 3.63) is 0 Å². The SMILES string of the molecule is COCC1(CN2CCN(CC(C)C)CC2)CCNCC1. The standard InChI is InChI=1S/C16H33N3O/c1-15(2)12-18-8-10-19(11-9-18)13-16(14-20-3)4-6-17-7-5-16/h15,17H,4-14H2,1-3H3. The summed E-state index contributed by atoms with van der Waals surface area (Å²) < 4.78 is 5.54. The fourth-order valence-corrected chi connectivity index (χ4v) is 3.73. The van der Waals surface area contributed by atoms with E-state index in [1.807, 2.05) is 7.11 Å². The van der Waals surface area contributed by atoms with Crippen molar-refractivity contribution in [3.63, 3.8) is 0 Å². The van der Waals surface area contributed by atoms with Crippen molar-refractivity contribution in [1.29, 1.82) is 0 Å². The molecule has 0 aliphatic carbocycles. The number of hydrogen-bond acceptors (Lipinski definition) is 4. The van der Waals surface area contributed by atoms with Gasteiger partial charge in [-0.15, -0.1) is 0 Å². The maximum absolute atomic E-state index is 5.54. The zero-order chi connectivity index (χ0) is 14.4. The normalized spacial score (nSPS) is 25.2. The zero-order valence-corrected chi connectivity index (χ0v) is 13.7. The maximum atomic E-state index is 5.54. The highest BCUT2D eigenvalue weighted by Crippen LogP contribution is 2.30. The van der Waals surface area contributed by atoms with E-state index in [4.69, 9.17) is 4.74 Å². The van der Waals surface area contributed by atoms with Crippen LogP contribution in [0.15, 0.2) is 0 Å². The molecule has 1 N–H and O–H groups in total. The van der Waals surface area contributed by atoms with Crippen molar-refractivity contribution in [2.45, 2.75) is 26.7 Å². The van der Waals surface area contributed by atoms with Gasteiger partial charge in [0, 0.05) is 51.8 Å². The maximum Gasteiger partial charge on any atom is 0.0531 e. The third-order valence-corrected chi connectivity index (χ3v) is 4.76. The molecule has 0 aromatic heterocycles. The van der Waals surface area contributed by atoms with Crippen LogP contribution in [0.2, 0.25) is 0 Å². The van der Waals surface area contributed by atoms with Gasteiger partial charge in [0.2, 0.25) is 0 Å². The van der Waals surface area contributed by atoms with Gasteiger partial charge in [0.15, 0.2) is 0 Å². The third kappa shape index (κ3) is 4.69. The van der Waals surface area contributed by atoms with Gasteiger partial charge in [-0.1, -0.05) is 13.8 Å². The van der Waals surface area contributed by atoms with Gasteiger partial charge in [-0.05, 0) is 31.8 Å². The largest absolute Gasteiger partial charge is 0.384 e. The first-order valence-electron chi connectivity index (χ1n) is 8.28. The van der Waals surface area contributed by atoms with Gasteiger partial charge in [-0.25, -0.2) is 0 Å². The van der Waals surface area contributed by atoms with Crippen molar-refractivity contribution < 1.29 is 4.74 Å². The van der Waals surface area contributed by atoms with E-state index < -0.39 is 0 Å². The van der Waals surface area contributed by atoms with Gasteiger partial charge in [-0.2, -0.15) is 0 Å². The van der Waals surface area contributed by atoms with Crippen molar-refractivity contribution in [2.75, 3.05) is 66.1 Å². The van der Waals surface area contributed by atoms with Crippen LogP contribution in [0.25, 0.3) is 0 Å². The number of nitrogens with one attached hydrogen (secondary N) is 1. The lowest BCUT2D eigenvalue weighted by atomic mass is 9.79. The molecule has 4 heteroatoms. The van der Waals surface area contributed by atoms with Gasteiger partial charge >= 0.3 is 0 Å². The van der Waals surface area contributed by atoms with Gasteiger partial charge < -0.3 is 19.9 Å². The van der Waals surface area contributed by atoms with Crippen LogP contribution in [0.1, 0.15) is 26.7 Å². The first kappa shape index (κ1) is 16.2. The number of hydrogen-bond donors (Lipinski definition) is 1. The van der Waals surface area contributed by atoms with Crippen LogP contribution >= 0.6 is 0 Å². The van der Waals surface area contributed by atoms with E-state index >= 15 is 0 Å². The average Bonchev–Trinajstić information content (AvgIpc) is 2.42. The quantitative estimate of drug-likeness (QED) is 0.795. The summed E-state index contributed by atoms with van der Waals surface area (Å²) in [5.41, 5.74) is 0.389. The molecule has 0 aromatic rings. The predicted octanol–water partition coefficient (Wildman–Crippen LogP) is 1.28. The minimum absolute atomic E-state index is 0.389. The molecule has 0 saturated carbocycles. The van der Waals surface area contributed by atoms with E-state index in [0.29, 0.717) is 5.41 Å². The number of piperazine rings is 1. The summed E-state index contributed by atoms with van der Waals surface area (Å²) >= 11 is 0. The molecule has 0 aromatic carbocycles. The molecule has 2 saturated heterocycles. The second kappa shape index (κ2) is 7.74. The van der Waals surface area contributed by atoms with Crippen molar-refractivity contribution >= 4 is 0 Å². The molecule has 0 atom stereocenters. The molecule has 20 heavy (non-hydrogen) atoms. The van der Waals surface area contributed by atoms with Crippen LogP contribution in [-0.4, -0.2) is 75.9 Å². The Morgan fingerprint density at radius 3 is 2.20 bits per heavy atom. The average molecular weight is 283 g/mol. The molecule has 0 radical (unpaired) electrons. The van der Waals surface area contributed by atoms with E-state index in [-0.39, 0.29) is 0 Å². The number of nitrogens with zero attached hydrogens (tertiary/aromatic N) is 2. The molecule has 0 spiro atoms. The Morgan fingerprint density at radius 1 is 1.05 bits per heavy atom. The van der Waals surface area contributed by atoms with Gasteiger partial charge in [0.1, 0.15) is 0 Å². The lowest BCUT2D eigenvalue weighted by molar-refractivity contribution is 0.00749. The van der Waals surface area contributed by atoms with Crippen molar-refractivity contribution in [1.82, 2.24) is 15.1 Å². The van der Waals surface area contributed by atoms with Crippen LogP contribution < -0.4 is 5.32 Å². The van der Waals surface area contributed by atoms with E-state index in [2.05, 4.69) is 29.0 Å². The monoisotopic (exact) mass is 283 g/mol. The van der Waals surface area contributed by atoms with E-state index in [1.165, 1.54) is 52.1 Å². The second-order valence-corrected chi connectivity index (χ2v) is 7.15. The van der Waals surface area contributed by atoms with Crippen molar-refractivity contribution in [3.8, 4) is 0 Å². The molecule has 118 valence electrons. The Balaban J connectivity index is 1.80. The van der Waals surface area contributed by atoms with Gasteiger partial charge in [0.25, 0.3) is 0 Å². The highest BCUT2D eigenvalue weighted by molar-refractivity contribution is 4.89. The van der Waals surface area contributed by atoms with Crippen LogP contribution in [0, 0.1) is 11.3 Å². The molecule has 0 bridgehead atoms. The highest BCUT2D eigenvalue weighted by atomic mass is 16.5. The van der Waals surface area contributed by atoms with Crippen LogP contribution in [0.5, 0.6) is 0 Å². The highest BCUT2D eigenvalue weighted by Gasteiger charge is 2.34. The Hall–Kier alpha value is -0.160. The Kier molecular flexibility index (Phi) is 6.27. The van der Waals surface area contributed by atoms with E-state index in [0.717, 1.165) is 25.6 Å². The van der Waals surface area contributed by atoms with Crippen molar-refractivity contribution in [2.24, 2.45) is 11.3 Å². The summed E-state index contributed by atoms with van der Waals surface area (Å²) in [7, 11) is 1.85. The number of piperidine rings is 1. The minimum Gasteiger partial charge on any atom is -0.384 e. The number of methoxy groups -OCH3 is 1.